The minimum atomic E-state index is -3.29. The average Bonchev–Trinajstić information content (AvgIpc) is 2.64. The predicted octanol–water partition coefficient (Wildman–Crippen LogP) is 2.66. The second-order valence-electron chi connectivity index (χ2n) is 6.27. The van der Waals surface area contributed by atoms with Crippen molar-refractivity contribution in [3.05, 3.63) is 59.7 Å². The highest BCUT2D eigenvalue weighted by Gasteiger charge is 2.27. The maximum absolute atomic E-state index is 12.7. The summed E-state index contributed by atoms with van der Waals surface area (Å²) < 4.78 is 32.2. The van der Waals surface area contributed by atoms with Crippen molar-refractivity contribution in [1.82, 2.24) is 4.31 Å². The van der Waals surface area contributed by atoms with Crippen LogP contribution in [0.5, 0.6) is 5.75 Å². The van der Waals surface area contributed by atoms with Crippen LogP contribution in [0.1, 0.15) is 11.1 Å². The molecule has 134 valence electrons. The smallest absolute Gasteiger partial charge is 0.218 e. The third-order valence-corrected chi connectivity index (χ3v) is 6.50. The molecule has 1 fully saturated rings. The highest BCUT2D eigenvalue weighted by atomic mass is 32.2. The van der Waals surface area contributed by atoms with Gasteiger partial charge in [0.15, 0.2) is 0 Å². The van der Waals surface area contributed by atoms with E-state index in [0.29, 0.717) is 26.2 Å². The molecule has 3 rings (SSSR count). The molecule has 1 saturated heterocycles. The maximum atomic E-state index is 12.7. The number of ether oxygens (including phenoxy) is 1. The Morgan fingerprint density at radius 1 is 0.960 bits per heavy atom. The third-order valence-electron chi connectivity index (χ3n) is 4.67. The van der Waals surface area contributed by atoms with Crippen LogP contribution in [0.2, 0.25) is 0 Å². The first-order valence-electron chi connectivity index (χ1n) is 8.41. The Kier molecular flexibility index (Phi) is 5.30. The summed E-state index contributed by atoms with van der Waals surface area (Å²) in [6, 6.07) is 15.5. The highest BCUT2D eigenvalue weighted by Crippen LogP contribution is 2.22. The number of hydrogen-bond donors (Lipinski definition) is 0. The van der Waals surface area contributed by atoms with E-state index in [0.717, 1.165) is 22.6 Å². The van der Waals surface area contributed by atoms with Crippen LogP contribution in [0.15, 0.2) is 48.5 Å². The Morgan fingerprint density at radius 2 is 1.60 bits per heavy atom. The van der Waals surface area contributed by atoms with Gasteiger partial charge in [0, 0.05) is 31.9 Å². The SMILES string of the molecule is COc1ccc(N2CCN(S(=O)(=O)Cc3ccccc3C)CC2)cc1. The molecule has 0 atom stereocenters. The zero-order valence-corrected chi connectivity index (χ0v) is 15.5. The van der Waals surface area contributed by atoms with Gasteiger partial charge in [-0.25, -0.2) is 8.42 Å². The van der Waals surface area contributed by atoms with Crippen molar-refractivity contribution in [3.8, 4) is 5.75 Å². The van der Waals surface area contributed by atoms with Crippen LogP contribution in [0, 0.1) is 6.92 Å². The number of sulfonamides is 1. The van der Waals surface area contributed by atoms with Crippen molar-refractivity contribution in [3.63, 3.8) is 0 Å². The van der Waals surface area contributed by atoms with Crippen LogP contribution in [-0.2, 0) is 15.8 Å². The molecule has 6 heteroatoms. The van der Waals surface area contributed by atoms with E-state index in [1.165, 1.54) is 0 Å². The summed E-state index contributed by atoms with van der Waals surface area (Å²) in [5, 5.41) is 0. The van der Waals surface area contributed by atoms with E-state index in [2.05, 4.69) is 4.90 Å². The lowest BCUT2D eigenvalue weighted by Crippen LogP contribution is -2.49. The number of rotatable bonds is 5. The molecule has 2 aromatic rings. The topological polar surface area (TPSA) is 49.9 Å². The van der Waals surface area contributed by atoms with Crippen molar-refractivity contribution in [2.24, 2.45) is 0 Å². The van der Waals surface area contributed by atoms with Crippen molar-refractivity contribution >= 4 is 15.7 Å². The van der Waals surface area contributed by atoms with E-state index in [1.54, 1.807) is 11.4 Å². The third kappa shape index (κ3) is 4.14. The van der Waals surface area contributed by atoms with Gasteiger partial charge in [-0.2, -0.15) is 4.31 Å². The van der Waals surface area contributed by atoms with Gasteiger partial charge in [-0.15, -0.1) is 0 Å². The van der Waals surface area contributed by atoms with Gasteiger partial charge in [0.05, 0.1) is 12.9 Å². The minimum Gasteiger partial charge on any atom is -0.497 e. The molecule has 0 bridgehead atoms. The Bertz CT molecular complexity index is 811. The first kappa shape index (κ1) is 17.8. The molecule has 0 spiro atoms. The van der Waals surface area contributed by atoms with Gasteiger partial charge in [0.1, 0.15) is 5.75 Å². The van der Waals surface area contributed by atoms with Gasteiger partial charge in [0.25, 0.3) is 0 Å². The molecule has 0 saturated carbocycles. The van der Waals surface area contributed by atoms with Gasteiger partial charge in [0.2, 0.25) is 10.0 Å². The van der Waals surface area contributed by atoms with E-state index in [4.69, 9.17) is 4.74 Å². The molecule has 0 aromatic heterocycles. The number of methoxy groups -OCH3 is 1. The predicted molar refractivity (Wildman–Crippen MR) is 101 cm³/mol. The Morgan fingerprint density at radius 3 is 2.20 bits per heavy atom. The van der Waals surface area contributed by atoms with Gasteiger partial charge in [-0.05, 0) is 42.3 Å². The fourth-order valence-corrected chi connectivity index (χ4v) is 4.70. The van der Waals surface area contributed by atoms with E-state index >= 15 is 0 Å². The van der Waals surface area contributed by atoms with Crippen LogP contribution in [0.25, 0.3) is 0 Å². The van der Waals surface area contributed by atoms with Gasteiger partial charge in [-0.3, -0.25) is 0 Å². The second kappa shape index (κ2) is 7.45. The number of piperazine rings is 1. The zero-order chi connectivity index (χ0) is 17.9. The van der Waals surface area contributed by atoms with Crippen LogP contribution >= 0.6 is 0 Å². The zero-order valence-electron chi connectivity index (χ0n) is 14.7. The Balaban J connectivity index is 1.63. The molecule has 1 aliphatic rings. The van der Waals surface area contributed by atoms with E-state index < -0.39 is 10.0 Å². The molecule has 0 aliphatic carbocycles. The molecule has 0 amide bonds. The molecule has 1 heterocycles. The molecule has 1 aliphatic heterocycles. The molecule has 5 nitrogen and oxygen atoms in total. The number of hydrogen-bond acceptors (Lipinski definition) is 4. The summed E-state index contributed by atoms with van der Waals surface area (Å²) in [5.41, 5.74) is 2.99. The van der Waals surface area contributed by atoms with E-state index in [-0.39, 0.29) is 5.75 Å². The van der Waals surface area contributed by atoms with Gasteiger partial charge in [-0.1, -0.05) is 24.3 Å². The quantitative estimate of drug-likeness (QED) is 0.823. The first-order valence-corrected chi connectivity index (χ1v) is 10.0. The van der Waals surface area contributed by atoms with Crippen molar-refractivity contribution in [1.29, 1.82) is 0 Å². The summed E-state index contributed by atoms with van der Waals surface area (Å²) in [5.74, 6) is 0.894. The molecular formula is C19H24N2O3S. The highest BCUT2D eigenvalue weighted by molar-refractivity contribution is 7.88. The lowest BCUT2D eigenvalue weighted by Gasteiger charge is -2.35. The number of anilines is 1. The van der Waals surface area contributed by atoms with Crippen LogP contribution in [-0.4, -0.2) is 46.0 Å². The standard InChI is InChI=1S/C19H24N2O3S/c1-16-5-3-4-6-17(16)15-25(22,23)21-13-11-20(12-14-21)18-7-9-19(24-2)10-8-18/h3-10H,11-15H2,1-2H3. The minimum absolute atomic E-state index is 0.0716. The van der Waals surface area contributed by atoms with Crippen molar-refractivity contribution in [2.75, 3.05) is 38.2 Å². The first-order chi connectivity index (χ1) is 12.0. The maximum Gasteiger partial charge on any atom is 0.218 e. The lowest BCUT2D eigenvalue weighted by molar-refractivity contribution is 0.384. The molecule has 0 radical (unpaired) electrons. The Labute approximate surface area is 149 Å². The molecule has 2 aromatic carbocycles. The fraction of sp³-hybridized carbons (Fsp3) is 0.368. The van der Waals surface area contributed by atoms with E-state index in [9.17, 15) is 8.42 Å². The second-order valence-corrected chi connectivity index (χ2v) is 8.24. The van der Waals surface area contributed by atoms with Gasteiger partial charge >= 0.3 is 0 Å². The average molecular weight is 360 g/mol. The number of nitrogens with zero attached hydrogens (tertiary/aromatic N) is 2. The van der Waals surface area contributed by atoms with Crippen molar-refractivity contribution in [2.45, 2.75) is 12.7 Å². The summed E-state index contributed by atoms with van der Waals surface area (Å²) in [6.45, 7) is 4.37. The Hall–Kier alpha value is -2.05. The molecule has 0 N–H and O–H groups in total. The monoisotopic (exact) mass is 360 g/mol. The summed E-state index contributed by atoms with van der Waals surface area (Å²) >= 11 is 0. The van der Waals surface area contributed by atoms with Crippen LogP contribution in [0.3, 0.4) is 0 Å². The summed E-state index contributed by atoms with van der Waals surface area (Å²) in [4.78, 5) is 2.21. The summed E-state index contributed by atoms with van der Waals surface area (Å²) in [7, 11) is -1.64. The largest absolute Gasteiger partial charge is 0.497 e. The van der Waals surface area contributed by atoms with E-state index in [1.807, 2.05) is 55.5 Å². The number of aryl methyl sites for hydroxylation is 1. The van der Waals surface area contributed by atoms with Gasteiger partial charge < -0.3 is 9.64 Å². The molecule has 0 unspecified atom stereocenters. The molecular weight excluding hydrogens is 336 g/mol. The fourth-order valence-electron chi connectivity index (χ4n) is 3.08. The van der Waals surface area contributed by atoms with Crippen molar-refractivity contribution < 1.29 is 13.2 Å². The lowest BCUT2D eigenvalue weighted by atomic mass is 10.1. The van der Waals surface area contributed by atoms with Crippen LogP contribution < -0.4 is 9.64 Å². The normalized spacial score (nSPS) is 16.0. The summed E-state index contributed by atoms with van der Waals surface area (Å²) in [6.07, 6.45) is 0. The molecule has 25 heavy (non-hydrogen) atoms. The number of benzene rings is 2. The van der Waals surface area contributed by atoms with Crippen LogP contribution in [0.4, 0.5) is 5.69 Å².